The number of rotatable bonds is 7. The van der Waals surface area contributed by atoms with Crippen molar-refractivity contribution in [2.24, 2.45) is 0 Å². The Labute approximate surface area is 249 Å². The van der Waals surface area contributed by atoms with Crippen LogP contribution in [0, 0.1) is 18.3 Å². The standard InChI is InChI=1S/C33H28N4O5S/c1-22-6-9-27(10-7-22)43(39,40)37-21-30(25-5-3-4-23(16-25)19-34)29-17-26(20-35-32(29)37)24-8-11-28-31(18-24)42-15-13-36(33(28)38)12-14-41-2/h3-11,16-18,20-21H,12-15H2,1-2H3. The van der Waals surface area contributed by atoms with Gasteiger partial charge < -0.3 is 14.4 Å². The van der Waals surface area contributed by atoms with E-state index in [1.54, 1.807) is 72.9 Å². The molecule has 0 fully saturated rings. The summed E-state index contributed by atoms with van der Waals surface area (Å²) in [5.74, 6) is 0.353. The van der Waals surface area contributed by atoms with Gasteiger partial charge in [0.1, 0.15) is 12.4 Å². The molecule has 0 N–H and O–H groups in total. The molecule has 5 aromatic rings. The highest BCUT2D eigenvalue weighted by atomic mass is 32.2. The smallest absolute Gasteiger partial charge is 0.269 e. The van der Waals surface area contributed by atoms with Gasteiger partial charge in [-0.25, -0.2) is 17.4 Å². The first-order valence-electron chi connectivity index (χ1n) is 13.7. The maximum absolute atomic E-state index is 13.8. The topological polar surface area (TPSA) is 115 Å². The fourth-order valence-corrected chi connectivity index (χ4v) is 6.51. The second kappa shape index (κ2) is 11.4. The number of aromatic nitrogens is 2. The Balaban J connectivity index is 1.49. The molecule has 0 bridgehead atoms. The van der Waals surface area contributed by atoms with Crippen molar-refractivity contribution in [2.75, 3.05) is 33.4 Å². The van der Waals surface area contributed by atoms with Crippen molar-refractivity contribution in [3.8, 4) is 34.1 Å². The zero-order valence-electron chi connectivity index (χ0n) is 23.6. The van der Waals surface area contributed by atoms with E-state index < -0.39 is 10.0 Å². The minimum Gasteiger partial charge on any atom is -0.491 e. The second-order valence-electron chi connectivity index (χ2n) is 10.3. The molecule has 1 aliphatic rings. The van der Waals surface area contributed by atoms with E-state index in [1.807, 2.05) is 31.2 Å². The molecule has 0 radical (unpaired) electrons. The molecule has 6 rings (SSSR count). The monoisotopic (exact) mass is 592 g/mol. The first-order chi connectivity index (χ1) is 20.8. The highest BCUT2D eigenvalue weighted by molar-refractivity contribution is 7.90. The number of carbonyl (C=O) groups is 1. The van der Waals surface area contributed by atoms with Gasteiger partial charge in [0.2, 0.25) is 0 Å². The number of hydrogen-bond acceptors (Lipinski definition) is 7. The van der Waals surface area contributed by atoms with E-state index in [0.29, 0.717) is 59.7 Å². The van der Waals surface area contributed by atoms with Crippen molar-refractivity contribution in [1.82, 2.24) is 13.9 Å². The number of carbonyl (C=O) groups excluding carboxylic acids is 1. The highest BCUT2D eigenvalue weighted by Gasteiger charge is 2.26. The molecule has 0 aliphatic carbocycles. The Morgan fingerprint density at radius 3 is 2.58 bits per heavy atom. The molecule has 2 aromatic heterocycles. The van der Waals surface area contributed by atoms with Crippen LogP contribution >= 0.6 is 0 Å². The van der Waals surface area contributed by atoms with Crippen LogP contribution in [0.5, 0.6) is 5.75 Å². The van der Waals surface area contributed by atoms with Crippen molar-refractivity contribution in [3.63, 3.8) is 0 Å². The molecule has 0 spiro atoms. The van der Waals surface area contributed by atoms with E-state index in [1.165, 1.54) is 3.97 Å². The Morgan fingerprint density at radius 1 is 1.00 bits per heavy atom. The van der Waals surface area contributed by atoms with Gasteiger partial charge in [-0.3, -0.25) is 4.79 Å². The average molecular weight is 593 g/mol. The van der Waals surface area contributed by atoms with E-state index in [0.717, 1.165) is 16.7 Å². The van der Waals surface area contributed by atoms with E-state index in [4.69, 9.17) is 9.47 Å². The van der Waals surface area contributed by atoms with E-state index >= 15 is 0 Å². The van der Waals surface area contributed by atoms with Gasteiger partial charge in [0, 0.05) is 42.6 Å². The number of nitrogens with zero attached hydrogens (tertiary/aromatic N) is 4. The lowest BCUT2D eigenvalue weighted by Crippen LogP contribution is -2.35. The number of hydrogen-bond donors (Lipinski definition) is 0. The molecule has 0 atom stereocenters. The predicted molar refractivity (Wildman–Crippen MR) is 162 cm³/mol. The van der Waals surface area contributed by atoms with E-state index in [-0.39, 0.29) is 16.4 Å². The Hall–Kier alpha value is -4.98. The minimum absolute atomic E-state index is 0.122. The van der Waals surface area contributed by atoms with Crippen molar-refractivity contribution >= 4 is 27.0 Å². The summed E-state index contributed by atoms with van der Waals surface area (Å²) >= 11 is 0. The number of benzene rings is 3. The lowest BCUT2D eigenvalue weighted by Gasteiger charge is -2.19. The van der Waals surface area contributed by atoms with Crippen LogP contribution in [-0.2, 0) is 14.8 Å². The molecule has 1 aliphatic heterocycles. The van der Waals surface area contributed by atoms with Crippen LogP contribution in [0.4, 0.5) is 0 Å². The first kappa shape index (κ1) is 28.2. The largest absolute Gasteiger partial charge is 0.491 e. The molecule has 3 aromatic carbocycles. The lowest BCUT2D eigenvalue weighted by molar-refractivity contribution is 0.0693. The third kappa shape index (κ3) is 5.25. The normalized spacial score (nSPS) is 13.3. The van der Waals surface area contributed by atoms with Gasteiger partial charge in [0.25, 0.3) is 15.9 Å². The summed E-state index contributed by atoms with van der Waals surface area (Å²) in [4.78, 5) is 19.6. The lowest BCUT2D eigenvalue weighted by atomic mass is 10.00. The Morgan fingerprint density at radius 2 is 1.81 bits per heavy atom. The van der Waals surface area contributed by atoms with Gasteiger partial charge in [-0.2, -0.15) is 5.26 Å². The van der Waals surface area contributed by atoms with Crippen LogP contribution in [-0.4, -0.2) is 61.6 Å². The van der Waals surface area contributed by atoms with Crippen LogP contribution in [0.1, 0.15) is 21.5 Å². The van der Waals surface area contributed by atoms with E-state index in [9.17, 15) is 18.5 Å². The molecule has 10 heteroatoms. The Bertz CT molecular complexity index is 2010. The SMILES string of the molecule is COCCN1CCOc2cc(-c3cnc4c(c3)c(-c3cccc(C#N)c3)cn4S(=O)(=O)c3ccc(C)cc3)ccc2C1=O. The number of pyridine rings is 1. The fourth-order valence-electron chi connectivity index (χ4n) is 5.18. The summed E-state index contributed by atoms with van der Waals surface area (Å²) < 4.78 is 39.9. The fraction of sp³-hybridized carbons (Fsp3) is 0.182. The van der Waals surface area contributed by atoms with E-state index in [2.05, 4.69) is 11.1 Å². The van der Waals surface area contributed by atoms with Crippen molar-refractivity contribution < 1.29 is 22.7 Å². The summed E-state index contributed by atoms with van der Waals surface area (Å²) in [5, 5.41) is 10.1. The molecule has 3 heterocycles. The van der Waals surface area contributed by atoms with Crippen molar-refractivity contribution in [2.45, 2.75) is 11.8 Å². The van der Waals surface area contributed by atoms with Gasteiger partial charge >= 0.3 is 0 Å². The molecule has 43 heavy (non-hydrogen) atoms. The maximum atomic E-state index is 13.8. The zero-order valence-corrected chi connectivity index (χ0v) is 24.5. The summed E-state index contributed by atoms with van der Waals surface area (Å²) in [5.41, 5.74) is 4.91. The number of ether oxygens (including phenoxy) is 2. The number of fused-ring (bicyclic) bond motifs is 2. The van der Waals surface area contributed by atoms with Gasteiger partial charge in [-0.1, -0.05) is 35.9 Å². The van der Waals surface area contributed by atoms with Crippen LogP contribution in [0.25, 0.3) is 33.3 Å². The summed E-state index contributed by atoms with van der Waals surface area (Å²) in [6.45, 7) is 3.60. The molecular weight excluding hydrogens is 564 g/mol. The summed E-state index contributed by atoms with van der Waals surface area (Å²) in [6, 6.07) is 23.1. The summed E-state index contributed by atoms with van der Waals surface area (Å²) in [6.07, 6.45) is 3.17. The second-order valence-corrected chi connectivity index (χ2v) is 12.1. The number of nitriles is 1. The molecule has 0 unspecified atom stereocenters. The Kier molecular flexibility index (Phi) is 7.44. The number of methoxy groups -OCH3 is 1. The molecule has 9 nitrogen and oxygen atoms in total. The van der Waals surface area contributed by atoms with Gasteiger partial charge in [-0.05, 0) is 60.5 Å². The van der Waals surface area contributed by atoms with Crippen LogP contribution in [0.3, 0.4) is 0 Å². The molecule has 0 saturated carbocycles. The molecule has 0 saturated heterocycles. The van der Waals surface area contributed by atoms with Gasteiger partial charge in [0.05, 0.1) is 35.2 Å². The predicted octanol–water partition coefficient (Wildman–Crippen LogP) is 5.27. The van der Waals surface area contributed by atoms with Crippen LogP contribution < -0.4 is 4.74 Å². The van der Waals surface area contributed by atoms with Gasteiger partial charge in [0.15, 0.2) is 5.65 Å². The maximum Gasteiger partial charge on any atom is 0.269 e. The van der Waals surface area contributed by atoms with Crippen molar-refractivity contribution in [3.05, 3.63) is 102 Å². The molecular formula is C33H28N4O5S. The zero-order chi connectivity index (χ0) is 30.1. The third-order valence-corrected chi connectivity index (χ3v) is 9.17. The van der Waals surface area contributed by atoms with Gasteiger partial charge in [-0.15, -0.1) is 0 Å². The quantitative estimate of drug-likeness (QED) is 0.253. The number of aryl methyl sites for hydroxylation is 1. The minimum atomic E-state index is -3.98. The number of amides is 1. The van der Waals surface area contributed by atoms with Crippen LogP contribution in [0.15, 0.2) is 90.1 Å². The molecule has 1 amide bonds. The third-order valence-electron chi connectivity index (χ3n) is 7.51. The molecule has 216 valence electrons. The summed E-state index contributed by atoms with van der Waals surface area (Å²) in [7, 11) is -2.38. The first-order valence-corrected chi connectivity index (χ1v) is 15.1. The highest BCUT2D eigenvalue weighted by Crippen LogP contribution is 2.36. The van der Waals surface area contributed by atoms with Crippen LogP contribution in [0.2, 0.25) is 0 Å². The van der Waals surface area contributed by atoms with Crippen molar-refractivity contribution in [1.29, 1.82) is 5.26 Å². The average Bonchev–Trinajstić information content (AvgIpc) is 3.35.